The lowest BCUT2D eigenvalue weighted by molar-refractivity contribution is 0.272. The fourth-order valence-corrected chi connectivity index (χ4v) is 4.75. The number of benzene rings is 2. The molecule has 1 aliphatic rings. The molecule has 0 radical (unpaired) electrons. The Bertz CT molecular complexity index is 1090. The summed E-state index contributed by atoms with van der Waals surface area (Å²) in [5, 5.41) is 10.8. The predicted octanol–water partition coefficient (Wildman–Crippen LogP) is 2.91. The number of rotatable bonds is 5. The van der Waals surface area contributed by atoms with Crippen molar-refractivity contribution in [3.63, 3.8) is 0 Å². The minimum Gasteiger partial charge on any atom is -0.487 e. The van der Waals surface area contributed by atoms with Crippen LogP contribution in [0.5, 0.6) is 5.75 Å². The van der Waals surface area contributed by atoms with Gasteiger partial charge in [0.15, 0.2) is 0 Å². The van der Waals surface area contributed by atoms with E-state index in [-0.39, 0.29) is 19.1 Å². The molecule has 2 heterocycles. The van der Waals surface area contributed by atoms with Gasteiger partial charge in [-0.15, -0.1) is 0 Å². The van der Waals surface area contributed by atoms with E-state index in [4.69, 9.17) is 4.74 Å². The molecule has 6 nitrogen and oxygen atoms in total. The van der Waals surface area contributed by atoms with Crippen LogP contribution in [0, 0.1) is 6.92 Å². The number of nitrogens with one attached hydrogen (secondary N) is 1. The van der Waals surface area contributed by atoms with E-state index < -0.39 is 10.0 Å². The Hall–Kier alpha value is -2.51. The zero-order chi connectivity index (χ0) is 19.2. The van der Waals surface area contributed by atoms with Gasteiger partial charge in [0.25, 0.3) is 0 Å². The molecule has 4 rings (SSSR count). The molecule has 0 fully saturated rings. The van der Waals surface area contributed by atoms with E-state index in [1.807, 2.05) is 43.5 Å². The highest BCUT2D eigenvalue weighted by atomic mass is 32.2. The maximum absolute atomic E-state index is 12.3. The van der Waals surface area contributed by atoms with E-state index in [0.29, 0.717) is 18.0 Å². The van der Waals surface area contributed by atoms with Gasteiger partial charge >= 0.3 is 0 Å². The van der Waals surface area contributed by atoms with Crippen molar-refractivity contribution < 1.29 is 18.3 Å². The zero-order valence-corrected chi connectivity index (χ0v) is 16.1. The van der Waals surface area contributed by atoms with Crippen LogP contribution in [0.25, 0.3) is 10.9 Å². The molecule has 3 aromatic rings. The molecule has 7 heteroatoms. The lowest BCUT2D eigenvalue weighted by atomic mass is 9.96. The normalized spacial score (nSPS) is 16.7. The number of nitrogens with zero attached hydrogens (tertiary/aromatic N) is 1. The molecule has 1 unspecified atom stereocenters. The maximum atomic E-state index is 12.3. The molecule has 1 aromatic heterocycles. The van der Waals surface area contributed by atoms with E-state index in [1.165, 1.54) is 10.6 Å². The number of H-pyrrole nitrogens is 1. The zero-order valence-electron chi connectivity index (χ0n) is 15.3. The fraction of sp³-hybridized carbons (Fsp3) is 0.300. The van der Waals surface area contributed by atoms with Crippen LogP contribution in [0.15, 0.2) is 42.6 Å². The van der Waals surface area contributed by atoms with Gasteiger partial charge in [0.1, 0.15) is 12.4 Å². The number of aliphatic hydroxyl groups excluding tert-OH is 1. The largest absolute Gasteiger partial charge is 0.487 e. The van der Waals surface area contributed by atoms with Crippen LogP contribution in [0.4, 0.5) is 5.69 Å². The van der Waals surface area contributed by atoms with Crippen LogP contribution < -0.4 is 9.04 Å². The molecule has 0 bridgehead atoms. The third-order valence-corrected chi connectivity index (χ3v) is 6.20. The number of ether oxygens (including phenoxy) is 1. The van der Waals surface area contributed by atoms with Crippen molar-refractivity contribution >= 4 is 26.6 Å². The summed E-state index contributed by atoms with van der Waals surface area (Å²) < 4.78 is 32.0. The van der Waals surface area contributed by atoms with Crippen LogP contribution >= 0.6 is 0 Å². The van der Waals surface area contributed by atoms with Gasteiger partial charge in [-0.2, -0.15) is 0 Å². The summed E-state index contributed by atoms with van der Waals surface area (Å²) in [7, 11) is -3.45. The van der Waals surface area contributed by atoms with Gasteiger partial charge in [-0.3, -0.25) is 4.31 Å². The number of hydrogen-bond donors (Lipinski definition) is 2. The number of aryl methyl sites for hydroxylation is 1. The summed E-state index contributed by atoms with van der Waals surface area (Å²) in [6, 6.07) is 11.6. The molecule has 142 valence electrons. The maximum Gasteiger partial charge on any atom is 0.232 e. The molecule has 27 heavy (non-hydrogen) atoms. The summed E-state index contributed by atoms with van der Waals surface area (Å²) in [4.78, 5) is 3.25. The molecule has 0 aliphatic carbocycles. The van der Waals surface area contributed by atoms with E-state index >= 15 is 0 Å². The SMILES string of the molecule is Cc1c[nH]c2c(OCc3ccccc3)cc3c(c12)C(CO)CN3S(C)(=O)=O. The van der Waals surface area contributed by atoms with Gasteiger partial charge in [0, 0.05) is 30.1 Å². The lowest BCUT2D eigenvalue weighted by Crippen LogP contribution is -2.29. The van der Waals surface area contributed by atoms with Crippen molar-refractivity contribution in [2.45, 2.75) is 19.4 Å². The molecule has 1 aliphatic heterocycles. The third kappa shape index (κ3) is 3.07. The predicted molar refractivity (Wildman–Crippen MR) is 106 cm³/mol. The molecule has 0 saturated heterocycles. The first kappa shape index (κ1) is 17.9. The Balaban J connectivity index is 1.85. The molecule has 0 amide bonds. The molecule has 2 aromatic carbocycles. The van der Waals surface area contributed by atoms with Gasteiger partial charge in [0.2, 0.25) is 10.0 Å². The number of hydrogen-bond acceptors (Lipinski definition) is 4. The fourth-order valence-electron chi connectivity index (χ4n) is 3.79. The van der Waals surface area contributed by atoms with Gasteiger partial charge in [-0.1, -0.05) is 30.3 Å². The number of anilines is 1. The average molecular weight is 386 g/mol. The Morgan fingerprint density at radius 2 is 2.04 bits per heavy atom. The van der Waals surface area contributed by atoms with Crippen molar-refractivity contribution in [2.24, 2.45) is 0 Å². The summed E-state index contributed by atoms with van der Waals surface area (Å²) in [5.74, 6) is 0.350. The summed E-state index contributed by atoms with van der Waals surface area (Å²) >= 11 is 0. The minimum absolute atomic E-state index is 0.108. The molecular formula is C20H22N2O4S. The number of aromatic nitrogens is 1. The summed E-state index contributed by atoms with van der Waals surface area (Å²) in [6.07, 6.45) is 3.08. The standard InChI is InChI=1S/C20H22N2O4S/c1-13-9-21-20-17(26-12-14-6-4-3-5-7-14)8-16-19(18(13)20)15(11-23)10-22(16)27(2,24)25/h3-9,15,21,23H,10-12H2,1-2H3. The molecule has 1 atom stereocenters. The Labute approximate surface area is 158 Å². The van der Waals surface area contributed by atoms with E-state index in [2.05, 4.69) is 4.98 Å². The topological polar surface area (TPSA) is 82.6 Å². The van der Waals surface area contributed by atoms with E-state index in [1.54, 1.807) is 6.07 Å². The second-order valence-corrected chi connectivity index (χ2v) is 8.88. The smallest absolute Gasteiger partial charge is 0.232 e. The lowest BCUT2D eigenvalue weighted by Gasteiger charge is -2.18. The van der Waals surface area contributed by atoms with Crippen LogP contribution in [-0.2, 0) is 16.6 Å². The second kappa shape index (κ2) is 6.58. The van der Waals surface area contributed by atoms with Crippen LogP contribution in [-0.4, -0.2) is 37.9 Å². The van der Waals surface area contributed by atoms with Crippen LogP contribution in [0.1, 0.15) is 22.6 Å². The molecule has 0 saturated carbocycles. The highest BCUT2D eigenvalue weighted by molar-refractivity contribution is 7.92. The van der Waals surface area contributed by atoms with Gasteiger partial charge in [-0.25, -0.2) is 8.42 Å². The Morgan fingerprint density at radius 3 is 2.70 bits per heavy atom. The second-order valence-electron chi connectivity index (χ2n) is 6.98. The monoisotopic (exact) mass is 386 g/mol. The number of aliphatic hydroxyl groups is 1. The summed E-state index contributed by atoms with van der Waals surface area (Å²) in [5.41, 5.74) is 4.32. The quantitative estimate of drug-likeness (QED) is 0.706. The Morgan fingerprint density at radius 1 is 1.30 bits per heavy atom. The van der Waals surface area contributed by atoms with Crippen molar-refractivity contribution in [3.05, 3.63) is 59.3 Å². The van der Waals surface area contributed by atoms with Gasteiger partial charge in [0.05, 0.1) is 24.1 Å². The summed E-state index contributed by atoms with van der Waals surface area (Å²) in [6.45, 7) is 2.49. The highest BCUT2D eigenvalue weighted by Crippen LogP contribution is 2.46. The number of sulfonamides is 1. The van der Waals surface area contributed by atoms with Crippen molar-refractivity contribution in [1.82, 2.24) is 4.98 Å². The van der Waals surface area contributed by atoms with Gasteiger partial charge in [-0.05, 0) is 23.6 Å². The van der Waals surface area contributed by atoms with Crippen molar-refractivity contribution in [3.8, 4) is 5.75 Å². The first-order valence-corrected chi connectivity index (χ1v) is 10.6. The van der Waals surface area contributed by atoms with E-state index in [0.717, 1.165) is 27.6 Å². The first-order chi connectivity index (χ1) is 12.9. The Kier molecular flexibility index (Phi) is 4.36. The number of fused-ring (bicyclic) bond motifs is 3. The van der Waals surface area contributed by atoms with Crippen LogP contribution in [0.3, 0.4) is 0 Å². The van der Waals surface area contributed by atoms with Crippen molar-refractivity contribution in [2.75, 3.05) is 23.7 Å². The molecule has 0 spiro atoms. The van der Waals surface area contributed by atoms with Crippen molar-refractivity contribution in [1.29, 1.82) is 0 Å². The minimum atomic E-state index is -3.45. The molecule has 2 N–H and O–H groups in total. The highest BCUT2D eigenvalue weighted by Gasteiger charge is 2.36. The average Bonchev–Trinajstić information content (AvgIpc) is 3.21. The van der Waals surface area contributed by atoms with Crippen LogP contribution in [0.2, 0.25) is 0 Å². The molecular weight excluding hydrogens is 364 g/mol. The number of aromatic amines is 1. The third-order valence-electron chi connectivity index (χ3n) is 5.06. The van der Waals surface area contributed by atoms with E-state index in [9.17, 15) is 13.5 Å². The first-order valence-electron chi connectivity index (χ1n) is 8.80. The van der Waals surface area contributed by atoms with Gasteiger partial charge < -0.3 is 14.8 Å².